The summed E-state index contributed by atoms with van der Waals surface area (Å²) in [5.41, 5.74) is 0.478. The molecule has 3 rings (SSSR count). The average molecular weight is 617 g/mol. The molecule has 0 aromatic rings. The molecule has 202 valence electrons. The lowest BCUT2D eigenvalue weighted by atomic mass is 9.69. The van der Waals surface area contributed by atoms with Crippen LogP contribution in [0.25, 0.3) is 0 Å². The van der Waals surface area contributed by atoms with E-state index in [4.69, 9.17) is 9.47 Å². The van der Waals surface area contributed by atoms with Crippen LogP contribution < -0.4 is 0 Å². The van der Waals surface area contributed by atoms with Crippen molar-refractivity contribution in [2.24, 2.45) is 17.3 Å². The summed E-state index contributed by atoms with van der Waals surface area (Å²) in [6.45, 7) is 7.29. The Morgan fingerprint density at radius 1 is 1.14 bits per heavy atom. The third-order valence-corrected chi connectivity index (χ3v) is 8.52. The van der Waals surface area contributed by atoms with Crippen LogP contribution in [-0.2, 0) is 23.9 Å². The van der Waals surface area contributed by atoms with Crippen LogP contribution in [-0.4, -0.2) is 52.9 Å². The number of rotatable bonds is 1. The second-order valence-electron chi connectivity index (χ2n) is 10.5. The predicted octanol–water partition coefficient (Wildman–Crippen LogP) is 4.98. The summed E-state index contributed by atoms with van der Waals surface area (Å²) in [5, 5.41) is 22.2. The first-order chi connectivity index (χ1) is 17.0. The van der Waals surface area contributed by atoms with Gasteiger partial charge in [-0.2, -0.15) is 0 Å². The number of aliphatic hydroxyl groups excluding tert-OH is 2. The van der Waals surface area contributed by atoms with Crippen LogP contribution in [0.15, 0.2) is 33.5 Å². The zero-order valence-corrected chi connectivity index (χ0v) is 24.0. The maximum atomic E-state index is 13.7. The Bertz CT molecular complexity index is 877. The number of ketones is 1. The third-order valence-electron chi connectivity index (χ3n) is 7.54. The van der Waals surface area contributed by atoms with Crippen LogP contribution >= 0.6 is 22.6 Å². The molecule has 0 aromatic carbocycles. The summed E-state index contributed by atoms with van der Waals surface area (Å²) in [4.78, 5) is 38.9. The molecule has 6 atom stereocenters. The Balaban J connectivity index is 2.57. The standard InChI is InChI=1S/C28H41IO7/c1-18-9-8-10-21-12-13-22(19(2)16-29)36-25(32)15-23(30)28(4,27(34)20(3)26(18)33)14-7-5-6-11-24(31)35-17-21/h5,7,12,16,18,20,22-23,26,30,33H,6,8-11,13-15,17H2,1-4H3/b7-5+,19-16+,21-12+/t18-,20+,22-,23-,26-,28+/m0/s1. The highest BCUT2D eigenvalue weighted by molar-refractivity contribution is 14.1. The number of carbonyl (C=O) groups is 3. The van der Waals surface area contributed by atoms with Gasteiger partial charge >= 0.3 is 11.9 Å². The molecule has 36 heavy (non-hydrogen) atoms. The molecule has 7 nitrogen and oxygen atoms in total. The summed E-state index contributed by atoms with van der Waals surface area (Å²) in [5.74, 6) is -2.04. The Hall–Kier alpha value is -1.52. The lowest BCUT2D eigenvalue weighted by Gasteiger charge is -2.36. The number of halogens is 1. The Labute approximate surface area is 228 Å². The lowest BCUT2D eigenvalue weighted by Crippen LogP contribution is -2.47. The maximum absolute atomic E-state index is 13.7. The molecular formula is C28H41IO7. The Morgan fingerprint density at radius 3 is 2.56 bits per heavy atom. The van der Waals surface area contributed by atoms with Gasteiger partial charge in [-0.1, -0.05) is 54.7 Å². The van der Waals surface area contributed by atoms with Gasteiger partial charge in [-0.25, -0.2) is 0 Å². The number of Topliss-reactive ketones (excluding diaryl/α,β-unsaturated/α-hetero) is 1. The molecule has 0 saturated heterocycles. The molecule has 0 amide bonds. The van der Waals surface area contributed by atoms with E-state index in [0.29, 0.717) is 25.7 Å². The predicted molar refractivity (Wildman–Crippen MR) is 146 cm³/mol. The summed E-state index contributed by atoms with van der Waals surface area (Å²) in [6.07, 6.45) is 5.80. The van der Waals surface area contributed by atoms with E-state index in [1.807, 2.05) is 24.0 Å². The number of ether oxygens (including phenoxy) is 2. The van der Waals surface area contributed by atoms with Gasteiger partial charge in [-0.3, -0.25) is 14.4 Å². The van der Waals surface area contributed by atoms with Gasteiger partial charge < -0.3 is 19.7 Å². The highest BCUT2D eigenvalue weighted by Gasteiger charge is 2.45. The molecule has 0 radical (unpaired) electrons. The van der Waals surface area contributed by atoms with E-state index in [1.165, 1.54) is 0 Å². The highest BCUT2D eigenvalue weighted by atomic mass is 127. The molecule has 0 spiro atoms. The van der Waals surface area contributed by atoms with Gasteiger partial charge in [0.2, 0.25) is 0 Å². The fraction of sp³-hybridized carbons (Fsp3) is 0.679. The molecule has 2 N–H and O–H groups in total. The second kappa shape index (κ2) is 14.4. The fourth-order valence-electron chi connectivity index (χ4n) is 4.78. The van der Waals surface area contributed by atoms with Crippen molar-refractivity contribution < 1.29 is 34.1 Å². The van der Waals surface area contributed by atoms with Gasteiger partial charge in [-0.15, -0.1) is 0 Å². The van der Waals surface area contributed by atoms with Gasteiger partial charge in [0.25, 0.3) is 0 Å². The smallest absolute Gasteiger partial charge is 0.309 e. The normalized spacial score (nSPS) is 37.1. The molecule has 0 saturated carbocycles. The summed E-state index contributed by atoms with van der Waals surface area (Å²) in [6, 6.07) is 0. The van der Waals surface area contributed by atoms with Crippen molar-refractivity contribution in [3.05, 3.63) is 33.5 Å². The number of allylic oxidation sites excluding steroid dienone is 2. The summed E-state index contributed by atoms with van der Waals surface area (Å²) < 4.78 is 13.1. The number of fused-ring (bicyclic) bond motifs is 18. The average Bonchev–Trinajstić information content (AvgIpc) is 2.85. The first-order valence-corrected chi connectivity index (χ1v) is 14.1. The quantitative estimate of drug-likeness (QED) is 0.243. The van der Waals surface area contributed by atoms with Gasteiger partial charge in [0, 0.05) is 18.8 Å². The van der Waals surface area contributed by atoms with Crippen LogP contribution in [0.2, 0.25) is 0 Å². The van der Waals surface area contributed by atoms with Gasteiger partial charge in [-0.05, 0) is 67.1 Å². The van der Waals surface area contributed by atoms with E-state index in [0.717, 1.165) is 17.6 Å². The van der Waals surface area contributed by atoms with Crippen molar-refractivity contribution in [1.82, 2.24) is 0 Å². The molecule has 0 unspecified atom stereocenters. The van der Waals surface area contributed by atoms with Gasteiger partial charge in [0.1, 0.15) is 18.5 Å². The molecule has 3 heterocycles. The maximum Gasteiger partial charge on any atom is 0.309 e. The van der Waals surface area contributed by atoms with Crippen LogP contribution in [0.3, 0.4) is 0 Å². The van der Waals surface area contributed by atoms with E-state index in [9.17, 15) is 24.6 Å². The Morgan fingerprint density at radius 2 is 1.86 bits per heavy atom. The summed E-state index contributed by atoms with van der Waals surface area (Å²) in [7, 11) is 0. The molecule has 8 heteroatoms. The van der Waals surface area contributed by atoms with Gasteiger partial charge in [0.15, 0.2) is 0 Å². The number of hydrogen-bond acceptors (Lipinski definition) is 7. The summed E-state index contributed by atoms with van der Waals surface area (Å²) >= 11 is 2.10. The van der Waals surface area contributed by atoms with Crippen LogP contribution in [0.4, 0.5) is 0 Å². The number of aliphatic hydroxyl groups is 2. The largest absolute Gasteiger partial charge is 0.461 e. The fourth-order valence-corrected chi connectivity index (χ4v) is 5.18. The minimum absolute atomic E-state index is 0.143. The highest BCUT2D eigenvalue weighted by Crippen LogP contribution is 2.36. The monoisotopic (exact) mass is 616 g/mol. The molecule has 3 aliphatic heterocycles. The van der Waals surface area contributed by atoms with E-state index in [-0.39, 0.29) is 43.5 Å². The molecule has 0 aromatic heterocycles. The minimum atomic E-state index is -1.31. The van der Waals surface area contributed by atoms with Crippen molar-refractivity contribution >= 4 is 40.3 Å². The van der Waals surface area contributed by atoms with Gasteiger partial charge in [0.05, 0.1) is 24.0 Å². The van der Waals surface area contributed by atoms with Crippen LogP contribution in [0, 0.1) is 17.3 Å². The number of hydrogen-bond donors (Lipinski definition) is 2. The lowest BCUT2D eigenvalue weighted by molar-refractivity contribution is -0.154. The zero-order valence-electron chi connectivity index (χ0n) is 21.9. The number of carbonyl (C=O) groups excluding carboxylic acids is 3. The molecule has 0 fully saturated rings. The molecule has 0 aliphatic carbocycles. The van der Waals surface area contributed by atoms with Crippen molar-refractivity contribution in [3.8, 4) is 0 Å². The zero-order chi connectivity index (χ0) is 26.9. The van der Waals surface area contributed by atoms with Crippen molar-refractivity contribution in [3.63, 3.8) is 0 Å². The molecular weight excluding hydrogens is 575 g/mol. The first kappa shape index (κ1) is 30.7. The van der Waals surface area contributed by atoms with E-state index in [2.05, 4.69) is 22.6 Å². The van der Waals surface area contributed by atoms with E-state index >= 15 is 0 Å². The van der Waals surface area contributed by atoms with Crippen LogP contribution in [0.5, 0.6) is 0 Å². The minimum Gasteiger partial charge on any atom is -0.461 e. The topological polar surface area (TPSA) is 110 Å². The first-order valence-electron chi connectivity index (χ1n) is 12.8. The van der Waals surface area contributed by atoms with E-state index < -0.39 is 35.6 Å². The number of esters is 2. The van der Waals surface area contributed by atoms with Crippen molar-refractivity contribution in [1.29, 1.82) is 0 Å². The van der Waals surface area contributed by atoms with Crippen molar-refractivity contribution in [2.45, 2.75) is 97.4 Å². The van der Waals surface area contributed by atoms with Crippen LogP contribution in [0.1, 0.15) is 79.1 Å². The SMILES string of the molecule is C/C(=C\I)[C@@H]1C/C=C2\CCC[C@H](C)[C@H](O)[C@@H](C)C(=O)[C@](C)(C/C=C/CCC(=O)OC2)[C@@H](O)CC(=O)O1. The molecule has 2 bridgehead atoms. The van der Waals surface area contributed by atoms with E-state index in [1.54, 1.807) is 26.0 Å². The Kier molecular flexibility index (Phi) is 12.3. The van der Waals surface area contributed by atoms with Crippen molar-refractivity contribution in [2.75, 3.05) is 6.61 Å². The molecule has 3 aliphatic rings. The second-order valence-corrected chi connectivity index (χ2v) is 11.1. The third kappa shape index (κ3) is 8.52.